The number of hydrogen-bond acceptors (Lipinski definition) is 4. The molecule has 0 bridgehead atoms. The van der Waals surface area contributed by atoms with Gasteiger partial charge in [0.1, 0.15) is 5.76 Å². The van der Waals surface area contributed by atoms with E-state index < -0.39 is 9.84 Å². The second-order valence-corrected chi connectivity index (χ2v) is 8.31. The van der Waals surface area contributed by atoms with Crippen LogP contribution in [0.15, 0.2) is 40.8 Å². The molecule has 0 radical (unpaired) electrons. The summed E-state index contributed by atoms with van der Waals surface area (Å²) in [5, 5.41) is 0.624. The van der Waals surface area contributed by atoms with Crippen molar-refractivity contribution < 1.29 is 17.6 Å². The molecule has 122 valence electrons. The van der Waals surface area contributed by atoms with Crippen LogP contribution in [0.4, 0.5) is 0 Å². The molecular weight excluding hydrogens is 338 g/mol. The quantitative estimate of drug-likeness (QED) is 0.850. The lowest BCUT2D eigenvalue weighted by Gasteiger charge is -2.22. The summed E-state index contributed by atoms with van der Waals surface area (Å²) < 4.78 is 28.7. The SMILES string of the molecule is CN(C(=O)c1ccc(-c2ccc(Cl)cc2)o1)[C@H]1CCS(=O)(=O)C1. The maximum atomic E-state index is 12.5. The van der Waals surface area contributed by atoms with E-state index in [0.29, 0.717) is 17.2 Å². The number of benzene rings is 1. The number of furan rings is 1. The molecule has 1 amide bonds. The van der Waals surface area contributed by atoms with E-state index in [1.165, 1.54) is 4.90 Å². The van der Waals surface area contributed by atoms with Gasteiger partial charge in [-0.15, -0.1) is 0 Å². The van der Waals surface area contributed by atoms with E-state index in [4.69, 9.17) is 16.0 Å². The summed E-state index contributed by atoms with van der Waals surface area (Å²) in [6, 6.07) is 10.1. The molecule has 5 nitrogen and oxygen atoms in total. The summed E-state index contributed by atoms with van der Waals surface area (Å²) in [6.45, 7) is 0. The fourth-order valence-corrected chi connectivity index (χ4v) is 4.54. The van der Waals surface area contributed by atoms with Gasteiger partial charge in [-0.3, -0.25) is 4.79 Å². The zero-order valence-electron chi connectivity index (χ0n) is 12.5. The molecule has 0 aliphatic carbocycles. The van der Waals surface area contributed by atoms with Crippen molar-refractivity contribution in [2.24, 2.45) is 0 Å². The monoisotopic (exact) mass is 353 g/mol. The van der Waals surface area contributed by atoms with Gasteiger partial charge in [-0.25, -0.2) is 8.42 Å². The van der Waals surface area contributed by atoms with E-state index in [9.17, 15) is 13.2 Å². The van der Waals surface area contributed by atoms with Crippen molar-refractivity contribution >= 4 is 27.3 Å². The molecule has 0 spiro atoms. The van der Waals surface area contributed by atoms with Crippen LogP contribution >= 0.6 is 11.6 Å². The first-order valence-corrected chi connectivity index (χ1v) is 9.39. The lowest BCUT2D eigenvalue weighted by Crippen LogP contribution is -2.37. The van der Waals surface area contributed by atoms with E-state index in [0.717, 1.165) is 5.56 Å². The molecule has 2 aromatic rings. The van der Waals surface area contributed by atoms with Crippen LogP contribution in [-0.2, 0) is 9.84 Å². The number of carbonyl (C=O) groups excluding carboxylic acids is 1. The number of rotatable bonds is 3. The van der Waals surface area contributed by atoms with Gasteiger partial charge < -0.3 is 9.32 Å². The molecule has 1 fully saturated rings. The number of amides is 1. The Morgan fingerprint density at radius 3 is 2.52 bits per heavy atom. The molecule has 1 aliphatic heterocycles. The normalized spacial score (nSPS) is 19.7. The smallest absolute Gasteiger partial charge is 0.289 e. The highest BCUT2D eigenvalue weighted by atomic mass is 35.5. The summed E-state index contributed by atoms with van der Waals surface area (Å²) in [6.07, 6.45) is 0.468. The summed E-state index contributed by atoms with van der Waals surface area (Å²) in [5.74, 6) is 0.593. The summed E-state index contributed by atoms with van der Waals surface area (Å²) in [7, 11) is -1.43. The molecule has 0 unspecified atom stereocenters. The number of sulfone groups is 1. The van der Waals surface area contributed by atoms with Gasteiger partial charge in [0.05, 0.1) is 11.5 Å². The van der Waals surface area contributed by atoms with Crippen molar-refractivity contribution in [1.29, 1.82) is 0 Å². The Bertz CT molecular complexity index is 826. The second kappa shape index (κ2) is 6.02. The van der Waals surface area contributed by atoms with Crippen molar-refractivity contribution in [3.8, 4) is 11.3 Å². The number of carbonyl (C=O) groups is 1. The molecular formula is C16H16ClNO4S. The highest BCUT2D eigenvalue weighted by Gasteiger charge is 2.33. The van der Waals surface area contributed by atoms with Gasteiger partial charge in [0.2, 0.25) is 0 Å². The van der Waals surface area contributed by atoms with Crippen LogP contribution in [0.3, 0.4) is 0 Å². The van der Waals surface area contributed by atoms with Gasteiger partial charge in [-0.1, -0.05) is 11.6 Å². The fraction of sp³-hybridized carbons (Fsp3) is 0.312. The Morgan fingerprint density at radius 2 is 1.91 bits per heavy atom. The minimum Gasteiger partial charge on any atom is -0.451 e. The third-order valence-electron chi connectivity index (χ3n) is 4.02. The second-order valence-electron chi connectivity index (χ2n) is 5.64. The van der Waals surface area contributed by atoms with Crippen LogP contribution in [0, 0.1) is 0 Å². The molecule has 1 saturated heterocycles. The van der Waals surface area contributed by atoms with E-state index in [-0.39, 0.29) is 29.2 Å². The Kier molecular flexibility index (Phi) is 4.21. The maximum absolute atomic E-state index is 12.5. The molecule has 23 heavy (non-hydrogen) atoms. The van der Waals surface area contributed by atoms with E-state index >= 15 is 0 Å². The summed E-state index contributed by atoms with van der Waals surface area (Å²) >= 11 is 5.85. The predicted octanol–water partition coefficient (Wildman–Crippen LogP) is 2.86. The molecule has 1 aromatic carbocycles. The average molecular weight is 354 g/mol. The first-order chi connectivity index (χ1) is 10.9. The molecule has 3 rings (SSSR count). The molecule has 0 saturated carbocycles. The molecule has 0 N–H and O–H groups in total. The minimum absolute atomic E-state index is 0.0139. The average Bonchev–Trinajstić information content (AvgIpc) is 3.13. The van der Waals surface area contributed by atoms with E-state index in [1.807, 2.05) is 12.1 Å². The zero-order chi connectivity index (χ0) is 16.6. The summed E-state index contributed by atoms with van der Waals surface area (Å²) in [5.41, 5.74) is 0.819. The van der Waals surface area contributed by atoms with Gasteiger partial charge in [0, 0.05) is 23.7 Å². The molecule has 7 heteroatoms. The van der Waals surface area contributed by atoms with Crippen LogP contribution in [0.25, 0.3) is 11.3 Å². The van der Waals surface area contributed by atoms with Crippen LogP contribution in [0.2, 0.25) is 5.02 Å². The first-order valence-electron chi connectivity index (χ1n) is 7.19. The third kappa shape index (κ3) is 3.43. The Balaban J connectivity index is 1.77. The van der Waals surface area contributed by atoms with Crippen LogP contribution in [0.5, 0.6) is 0 Å². The number of nitrogens with zero attached hydrogens (tertiary/aromatic N) is 1. The number of halogens is 1. The molecule has 1 aliphatic rings. The van der Waals surface area contributed by atoms with Crippen molar-refractivity contribution in [1.82, 2.24) is 4.90 Å². The van der Waals surface area contributed by atoms with Gasteiger partial charge in [0.15, 0.2) is 15.6 Å². The Hall–Kier alpha value is -1.79. The van der Waals surface area contributed by atoms with Crippen molar-refractivity contribution in [2.45, 2.75) is 12.5 Å². The lowest BCUT2D eigenvalue weighted by molar-refractivity contribution is 0.0716. The predicted molar refractivity (Wildman–Crippen MR) is 88.3 cm³/mol. The van der Waals surface area contributed by atoms with Crippen LogP contribution < -0.4 is 0 Å². The summed E-state index contributed by atoms with van der Waals surface area (Å²) in [4.78, 5) is 13.9. The van der Waals surface area contributed by atoms with E-state index in [2.05, 4.69) is 0 Å². The largest absolute Gasteiger partial charge is 0.451 e. The van der Waals surface area contributed by atoms with Gasteiger partial charge in [0.25, 0.3) is 5.91 Å². The molecule has 1 aromatic heterocycles. The van der Waals surface area contributed by atoms with Gasteiger partial charge >= 0.3 is 0 Å². The van der Waals surface area contributed by atoms with Crippen molar-refractivity contribution in [3.63, 3.8) is 0 Å². The fourth-order valence-electron chi connectivity index (χ4n) is 2.64. The van der Waals surface area contributed by atoms with E-state index in [1.54, 1.807) is 31.3 Å². The Morgan fingerprint density at radius 1 is 1.22 bits per heavy atom. The van der Waals surface area contributed by atoms with Crippen molar-refractivity contribution in [2.75, 3.05) is 18.6 Å². The highest BCUT2D eigenvalue weighted by Crippen LogP contribution is 2.25. The maximum Gasteiger partial charge on any atom is 0.289 e. The molecule has 2 heterocycles. The standard InChI is InChI=1S/C16H16ClNO4S/c1-18(13-8-9-23(20,21)10-13)16(19)15-7-6-14(22-15)11-2-4-12(17)5-3-11/h2-7,13H,8-10H2,1H3/t13-/m0/s1. The Labute approximate surface area is 139 Å². The van der Waals surface area contributed by atoms with Crippen LogP contribution in [-0.4, -0.2) is 43.8 Å². The van der Waals surface area contributed by atoms with Gasteiger partial charge in [-0.2, -0.15) is 0 Å². The van der Waals surface area contributed by atoms with Crippen molar-refractivity contribution in [3.05, 3.63) is 47.2 Å². The third-order valence-corrected chi connectivity index (χ3v) is 6.02. The first kappa shape index (κ1) is 16.1. The molecule has 1 atom stereocenters. The van der Waals surface area contributed by atoms with Gasteiger partial charge in [-0.05, 0) is 42.8 Å². The topological polar surface area (TPSA) is 67.6 Å². The number of hydrogen-bond donors (Lipinski definition) is 0. The van der Waals surface area contributed by atoms with Crippen LogP contribution in [0.1, 0.15) is 17.0 Å². The minimum atomic E-state index is -3.04. The lowest BCUT2D eigenvalue weighted by atomic mass is 10.2. The highest BCUT2D eigenvalue weighted by molar-refractivity contribution is 7.91. The zero-order valence-corrected chi connectivity index (χ0v) is 14.1.